The Kier molecular flexibility index (Phi) is 9.81. The maximum atomic E-state index is 14.2. The molecule has 41 heavy (non-hydrogen) atoms. The first-order chi connectivity index (χ1) is 19.7. The van der Waals surface area contributed by atoms with Gasteiger partial charge in [0.15, 0.2) is 0 Å². The zero-order valence-corrected chi connectivity index (χ0v) is 24.5. The van der Waals surface area contributed by atoms with Gasteiger partial charge < -0.3 is 10.2 Å². The molecule has 7 nitrogen and oxygen atoms in total. The van der Waals surface area contributed by atoms with Gasteiger partial charge >= 0.3 is 0 Å². The normalized spacial score (nSPS) is 11.9. The van der Waals surface area contributed by atoms with E-state index in [1.807, 2.05) is 67.6 Å². The van der Waals surface area contributed by atoms with Crippen molar-refractivity contribution < 1.29 is 18.0 Å². The Morgan fingerprint density at radius 2 is 1.37 bits per heavy atom. The van der Waals surface area contributed by atoms with Crippen LogP contribution >= 0.6 is 11.6 Å². The van der Waals surface area contributed by atoms with Crippen molar-refractivity contribution in [3.8, 4) is 0 Å². The van der Waals surface area contributed by atoms with Gasteiger partial charge in [0.25, 0.3) is 10.0 Å². The number of rotatable bonds is 11. The number of nitrogens with zero attached hydrogens (tertiary/aromatic N) is 2. The van der Waals surface area contributed by atoms with Crippen LogP contribution in [0.1, 0.15) is 16.7 Å². The molecular formula is C32H32ClN3O4S. The molecule has 9 heteroatoms. The Labute approximate surface area is 246 Å². The summed E-state index contributed by atoms with van der Waals surface area (Å²) >= 11 is 6.48. The van der Waals surface area contributed by atoms with Crippen molar-refractivity contribution in [3.05, 3.63) is 131 Å². The van der Waals surface area contributed by atoms with Crippen LogP contribution in [0.3, 0.4) is 0 Å². The summed E-state index contributed by atoms with van der Waals surface area (Å²) in [4.78, 5) is 28.9. The molecular weight excluding hydrogens is 558 g/mol. The summed E-state index contributed by atoms with van der Waals surface area (Å²) in [6.45, 7) is 1.40. The third-order valence-electron chi connectivity index (χ3n) is 6.72. The quantitative estimate of drug-likeness (QED) is 0.260. The zero-order chi connectivity index (χ0) is 29.4. The minimum Gasteiger partial charge on any atom is -0.357 e. The third-order valence-corrected chi connectivity index (χ3v) is 8.82. The van der Waals surface area contributed by atoms with Crippen molar-refractivity contribution in [3.63, 3.8) is 0 Å². The van der Waals surface area contributed by atoms with E-state index >= 15 is 0 Å². The van der Waals surface area contributed by atoms with Crippen molar-refractivity contribution in [2.75, 3.05) is 17.9 Å². The van der Waals surface area contributed by atoms with E-state index in [1.165, 1.54) is 24.1 Å². The first-order valence-corrected chi connectivity index (χ1v) is 15.0. The summed E-state index contributed by atoms with van der Waals surface area (Å²) in [6, 6.07) is 30.7. The van der Waals surface area contributed by atoms with Gasteiger partial charge in [-0.2, -0.15) is 0 Å². The van der Waals surface area contributed by atoms with Crippen LogP contribution in [0.2, 0.25) is 5.02 Å². The van der Waals surface area contributed by atoms with Crippen LogP contribution in [0.15, 0.2) is 114 Å². The SMILES string of the molecule is CNC(=O)C(Cc1ccccc1)N(Cc1ccccc1)C(=O)CN(c1ccccc1Cl)S(=O)(=O)c1ccc(C)cc1. The van der Waals surface area contributed by atoms with Crippen LogP contribution in [0.4, 0.5) is 5.69 Å². The number of nitrogens with one attached hydrogen (secondary N) is 1. The van der Waals surface area contributed by atoms with Crippen LogP contribution in [0, 0.1) is 6.92 Å². The molecule has 4 rings (SSSR count). The summed E-state index contributed by atoms with van der Waals surface area (Å²) in [6.07, 6.45) is 0.246. The van der Waals surface area contributed by atoms with Gasteiger partial charge in [-0.05, 0) is 42.3 Å². The second-order valence-electron chi connectivity index (χ2n) is 9.60. The number of halogens is 1. The number of hydrogen-bond donors (Lipinski definition) is 1. The number of anilines is 1. The second kappa shape index (κ2) is 13.5. The van der Waals surface area contributed by atoms with E-state index in [2.05, 4.69) is 5.32 Å². The predicted octanol–water partition coefficient (Wildman–Crippen LogP) is 5.23. The summed E-state index contributed by atoms with van der Waals surface area (Å²) in [5.74, 6) is -0.905. The lowest BCUT2D eigenvalue weighted by molar-refractivity contribution is -0.139. The number of hydrogen-bond acceptors (Lipinski definition) is 4. The predicted molar refractivity (Wildman–Crippen MR) is 162 cm³/mol. The molecule has 1 N–H and O–H groups in total. The fourth-order valence-corrected chi connectivity index (χ4v) is 6.23. The van der Waals surface area contributed by atoms with Crippen molar-refractivity contribution in [1.29, 1.82) is 0 Å². The van der Waals surface area contributed by atoms with Gasteiger partial charge in [0, 0.05) is 20.0 Å². The molecule has 0 aliphatic heterocycles. The van der Waals surface area contributed by atoms with Gasteiger partial charge in [0.1, 0.15) is 12.6 Å². The Balaban J connectivity index is 1.78. The molecule has 0 heterocycles. The molecule has 0 spiro atoms. The molecule has 0 aliphatic rings. The van der Waals surface area contributed by atoms with Crippen molar-refractivity contribution in [2.24, 2.45) is 0 Å². The van der Waals surface area contributed by atoms with E-state index in [1.54, 1.807) is 36.4 Å². The molecule has 4 aromatic carbocycles. The highest BCUT2D eigenvalue weighted by molar-refractivity contribution is 7.92. The van der Waals surface area contributed by atoms with E-state index in [0.717, 1.165) is 21.0 Å². The van der Waals surface area contributed by atoms with Crippen LogP contribution in [0.25, 0.3) is 0 Å². The molecule has 1 atom stereocenters. The van der Waals surface area contributed by atoms with Crippen molar-refractivity contribution in [2.45, 2.75) is 30.8 Å². The highest BCUT2D eigenvalue weighted by Crippen LogP contribution is 2.31. The standard InChI is InChI=1S/C32H32ClN3O4S/c1-24-17-19-27(20-18-24)41(39,40)36(29-16-10-9-15-28(29)33)23-31(37)35(22-26-13-7-4-8-14-26)30(32(38)34-2)21-25-11-5-3-6-12-25/h3-20,30H,21-23H2,1-2H3,(H,34,38). The summed E-state index contributed by atoms with van der Waals surface area (Å²) in [7, 11) is -2.69. The monoisotopic (exact) mass is 589 g/mol. The Hall–Kier alpha value is -4.14. The largest absolute Gasteiger partial charge is 0.357 e. The molecule has 0 bridgehead atoms. The number of benzene rings is 4. The van der Waals surface area contributed by atoms with Gasteiger partial charge in [0.2, 0.25) is 11.8 Å². The second-order valence-corrected chi connectivity index (χ2v) is 11.9. The lowest BCUT2D eigenvalue weighted by Crippen LogP contribution is -2.53. The summed E-state index contributed by atoms with van der Waals surface area (Å²) in [5, 5.41) is 2.85. The zero-order valence-electron chi connectivity index (χ0n) is 22.9. The van der Waals surface area contributed by atoms with Crippen molar-refractivity contribution in [1.82, 2.24) is 10.2 Å². The Morgan fingerprint density at radius 1 is 0.805 bits per heavy atom. The Bertz CT molecular complexity index is 1580. The molecule has 2 amide bonds. The number of sulfonamides is 1. The van der Waals surface area contributed by atoms with Crippen LogP contribution in [0.5, 0.6) is 0 Å². The van der Waals surface area contributed by atoms with E-state index in [4.69, 9.17) is 11.6 Å². The highest BCUT2D eigenvalue weighted by Gasteiger charge is 2.34. The number of aryl methyl sites for hydroxylation is 1. The van der Waals surface area contributed by atoms with Crippen LogP contribution in [-0.2, 0) is 32.6 Å². The number of carbonyl (C=O) groups is 2. The fourth-order valence-electron chi connectivity index (χ4n) is 4.51. The molecule has 4 aromatic rings. The van der Waals surface area contributed by atoms with Crippen LogP contribution < -0.4 is 9.62 Å². The van der Waals surface area contributed by atoms with E-state index in [-0.39, 0.29) is 34.5 Å². The fraction of sp³-hybridized carbons (Fsp3) is 0.188. The maximum Gasteiger partial charge on any atom is 0.264 e. The smallest absolute Gasteiger partial charge is 0.264 e. The lowest BCUT2D eigenvalue weighted by Gasteiger charge is -2.33. The van der Waals surface area contributed by atoms with Gasteiger partial charge in [-0.1, -0.05) is 102 Å². The topological polar surface area (TPSA) is 86.8 Å². The molecule has 0 radical (unpaired) electrons. The molecule has 0 saturated carbocycles. The average Bonchev–Trinajstić information content (AvgIpc) is 2.99. The molecule has 0 aromatic heterocycles. The molecule has 0 fully saturated rings. The number of para-hydroxylation sites is 1. The first-order valence-electron chi connectivity index (χ1n) is 13.1. The Morgan fingerprint density at radius 3 is 1.95 bits per heavy atom. The van der Waals surface area contributed by atoms with E-state index in [0.29, 0.717) is 0 Å². The van der Waals surface area contributed by atoms with Crippen molar-refractivity contribution >= 4 is 39.1 Å². The molecule has 1 unspecified atom stereocenters. The average molecular weight is 590 g/mol. The van der Waals surface area contributed by atoms with E-state index in [9.17, 15) is 18.0 Å². The highest BCUT2D eigenvalue weighted by atomic mass is 35.5. The summed E-state index contributed by atoms with van der Waals surface area (Å²) < 4.78 is 29.0. The summed E-state index contributed by atoms with van der Waals surface area (Å²) in [5.41, 5.74) is 2.73. The van der Waals surface area contributed by atoms with Gasteiger partial charge in [-0.3, -0.25) is 13.9 Å². The maximum absolute atomic E-state index is 14.2. The lowest BCUT2D eigenvalue weighted by atomic mass is 10.0. The van der Waals surface area contributed by atoms with E-state index < -0.39 is 28.5 Å². The molecule has 212 valence electrons. The number of carbonyl (C=O) groups excluding carboxylic acids is 2. The van der Waals surface area contributed by atoms with Gasteiger partial charge in [0.05, 0.1) is 15.6 Å². The van der Waals surface area contributed by atoms with Gasteiger partial charge in [-0.15, -0.1) is 0 Å². The first kappa shape index (κ1) is 29.8. The van der Waals surface area contributed by atoms with Crippen LogP contribution in [-0.4, -0.2) is 44.8 Å². The number of likely N-dealkylation sites (N-methyl/N-ethyl adjacent to an activating group) is 1. The molecule has 0 saturated heterocycles. The third kappa shape index (κ3) is 7.34. The van der Waals surface area contributed by atoms with Gasteiger partial charge in [-0.25, -0.2) is 8.42 Å². The number of amides is 2. The minimum absolute atomic E-state index is 0.0255. The molecule has 0 aliphatic carbocycles. The minimum atomic E-state index is -4.20.